The fourth-order valence-corrected chi connectivity index (χ4v) is 3.51. The van der Waals surface area contributed by atoms with Gasteiger partial charge in [0.2, 0.25) is 5.88 Å². The first-order valence-electron chi connectivity index (χ1n) is 9.20. The second-order valence-corrected chi connectivity index (χ2v) is 6.97. The van der Waals surface area contributed by atoms with E-state index in [9.17, 15) is 13.2 Å². The average molecular weight is 391 g/mol. The maximum absolute atomic E-state index is 12.6. The Kier molecular flexibility index (Phi) is 5.12. The second kappa shape index (κ2) is 7.56. The highest BCUT2D eigenvalue weighted by atomic mass is 19.4. The molecule has 2 aliphatic rings. The van der Waals surface area contributed by atoms with E-state index in [1.807, 2.05) is 18.2 Å². The van der Waals surface area contributed by atoms with Gasteiger partial charge in [-0.3, -0.25) is 0 Å². The first kappa shape index (κ1) is 19.0. The number of allylic oxidation sites excluding steroid dienone is 1. The topological polar surface area (TPSA) is 40.6 Å². The number of hydrogen-bond acceptors (Lipinski definition) is 4. The van der Waals surface area contributed by atoms with Gasteiger partial charge in [-0.2, -0.15) is 13.2 Å². The Balaban J connectivity index is 1.42. The van der Waals surface area contributed by atoms with Crippen LogP contribution >= 0.6 is 0 Å². The zero-order valence-electron chi connectivity index (χ0n) is 15.2. The van der Waals surface area contributed by atoms with Crippen molar-refractivity contribution in [1.29, 1.82) is 0 Å². The Morgan fingerprint density at radius 3 is 2.43 bits per heavy atom. The van der Waals surface area contributed by atoms with E-state index in [2.05, 4.69) is 11.1 Å². The molecular formula is C21H20F3NO3. The van der Waals surface area contributed by atoms with Crippen LogP contribution in [-0.2, 0) is 15.7 Å². The highest BCUT2D eigenvalue weighted by Gasteiger charge is 2.38. The van der Waals surface area contributed by atoms with Gasteiger partial charge in [0.05, 0.1) is 18.8 Å². The molecule has 1 aliphatic carbocycles. The number of benzene rings is 1. The Labute approximate surface area is 160 Å². The van der Waals surface area contributed by atoms with Crippen LogP contribution in [0, 0.1) is 0 Å². The summed E-state index contributed by atoms with van der Waals surface area (Å²) in [5.41, 5.74) is 1.49. The van der Waals surface area contributed by atoms with Crippen molar-refractivity contribution in [3.63, 3.8) is 0 Å². The van der Waals surface area contributed by atoms with E-state index in [4.69, 9.17) is 14.2 Å². The average Bonchev–Trinajstić information content (AvgIpc) is 3.12. The summed E-state index contributed by atoms with van der Waals surface area (Å²) in [6, 6.07) is 9.58. The minimum absolute atomic E-state index is 0.118. The Hall–Kier alpha value is -2.38. The third kappa shape index (κ3) is 4.36. The summed E-state index contributed by atoms with van der Waals surface area (Å²) in [5, 5.41) is 0. The molecule has 1 saturated carbocycles. The molecular weight excluding hydrogens is 371 g/mol. The zero-order chi connectivity index (χ0) is 19.6. The van der Waals surface area contributed by atoms with Crippen LogP contribution in [0.1, 0.15) is 36.8 Å². The van der Waals surface area contributed by atoms with Gasteiger partial charge in [0.1, 0.15) is 5.75 Å². The molecule has 1 aromatic heterocycles. The summed E-state index contributed by atoms with van der Waals surface area (Å²) >= 11 is 0. The van der Waals surface area contributed by atoms with Crippen LogP contribution in [0.3, 0.4) is 0 Å². The largest absolute Gasteiger partial charge is 0.439 e. The highest BCUT2D eigenvalue weighted by molar-refractivity contribution is 5.55. The van der Waals surface area contributed by atoms with Gasteiger partial charge in [-0.05, 0) is 36.6 Å². The molecule has 148 valence electrons. The van der Waals surface area contributed by atoms with Crippen LogP contribution in [0.2, 0.25) is 0 Å². The predicted octanol–water partition coefficient (Wildman–Crippen LogP) is 5.59. The van der Waals surface area contributed by atoms with E-state index < -0.39 is 17.5 Å². The van der Waals surface area contributed by atoms with Crippen molar-refractivity contribution < 1.29 is 27.4 Å². The number of nitrogens with zero attached hydrogens (tertiary/aromatic N) is 1. The van der Waals surface area contributed by atoms with E-state index in [1.54, 1.807) is 6.07 Å². The first-order valence-corrected chi connectivity index (χ1v) is 9.20. The lowest BCUT2D eigenvalue weighted by Crippen LogP contribution is -2.33. The Morgan fingerprint density at radius 2 is 1.79 bits per heavy atom. The smallest absolute Gasteiger partial charge is 0.417 e. The highest BCUT2D eigenvalue weighted by Crippen LogP contribution is 2.38. The maximum atomic E-state index is 12.6. The minimum atomic E-state index is -4.41. The third-order valence-corrected chi connectivity index (χ3v) is 4.98. The molecule has 1 aliphatic heterocycles. The van der Waals surface area contributed by atoms with Crippen LogP contribution in [0.15, 0.2) is 48.2 Å². The van der Waals surface area contributed by atoms with E-state index in [-0.39, 0.29) is 5.88 Å². The molecule has 1 spiro atoms. The van der Waals surface area contributed by atoms with Gasteiger partial charge in [-0.25, -0.2) is 4.98 Å². The molecule has 2 heterocycles. The monoisotopic (exact) mass is 391 g/mol. The SMILES string of the molecule is FC(F)(F)c1ccc(Oc2cccc(C=C3CCC4(CC3)OCCO4)c2)nc1. The Morgan fingerprint density at radius 1 is 1.04 bits per heavy atom. The maximum Gasteiger partial charge on any atom is 0.417 e. The van der Waals surface area contributed by atoms with Gasteiger partial charge in [-0.15, -0.1) is 0 Å². The summed E-state index contributed by atoms with van der Waals surface area (Å²) < 4.78 is 54.9. The van der Waals surface area contributed by atoms with E-state index in [1.165, 1.54) is 11.6 Å². The van der Waals surface area contributed by atoms with Crippen LogP contribution in [0.25, 0.3) is 6.08 Å². The molecule has 0 unspecified atom stereocenters. The van der Waals surface area contributed by atoms with E-state index in [0.29, 0.717) is 19.0 Å². The van der Waals surface area contributed by atoms with Crippen molar-refractivity contribution in [1.82, 2.24) is 4.98 Å². The Bertz CT molecular complexity index is 844. The third-order valence-electron chi connectivity index (χ3n) is 4.98. The molecule has 4 nitrogen and oxygen atoms in total. The molecule has 1 aromatic carbocycles. The van der Waals surface area contributed by atoms with Crippen molar-refractivity contribution >= 4 is 6.08 Å². The molecule has 28 heavy (non-hydrogen) atoms. The summed E-state index contributed by atoms with van der Waals surface area (Å²) in [7, 11) is 0. The summed E-state index contributed by atoms with van der Waals surface area (Å²) in [5.74, 6) is 0.251. The molecule has 0 radical (unpaired) electrons. The van der Waals surface area contributed by atoms with E-state index in [0.717, 1.165) is 43.5 Å². The van der Waals surface area contributed by atoms with Gasteiger partial charge in [0.25, 0.3) is 0 Å². The molecule has 0 bridgehead atoms. The molecule has 2 fully saturated rings. The molecule has 4 rings (SSSR count). The predicted molar refractivity (Wildman–Crippen MR) is 96.8 cm³/mol. The van der Waals surface area contributed by atoms with Crippen LogP contribution in [0.4, 0.5) is 13.2 Å². The number of halogens is 3. The van der Waals surface area contributed by atoms with Crippen molar-refractivity contribution in [3.8, 4) is 11.6 Å². The zero-order valence-corrected chi connectivity index (χ0v) is 15.2. The summed E-state index contributed by atoms with van der Waals surface area (Å²) in [6.45, 7) is 1.33. The lowest BCUT2D eigenvalue weighted by molar-refractivity contribution is -0.171. The fraction of sp³-hybridized carbons (Fsp3) is 0.381. The quantitative estimate of drug-likeness (QED) is 0.684. The molecule has 7 heteroatoms. The number of rotatable bonds is 3. The van der Waals surface area contributed by atoms with Gasteiger partial charge in [-0.1, -0.05) is 23.8 Å². The number of pyridine rings is 1. The number of aromatic nitrogens is 1. The minimum Gasteiger partial charge on any atom is -0.439 e. The van der Waals surface area contributed by atoms with Gasteiger partial charge in [0, 0.05) is 25.1 Å². The van der Waals surface area contributed by atoms with Crippen LogP contribution < -0.4 is 4.74 Å². The van der Waals surface area contributed by atoms with Gasteiger partial charge >= 0.3 is 6.18 Å². The van der Waals surface area contributed by atoms with E-state index >= 15 is 0 Å². The second-order valence-electron chi connectivity index (χ2n) is 6.97. The van der Waals surface area contributed by atoms with Gasteiger partial charge in [0.15, 0.2) is 5.79 Å². The molecule has 0 N–H and O–H groups in total. The standard InChI is InChI=1S/C21H20F3NO3/c22-21(23,24)17-4-5-19(25-14-17)28-18-3-1-2-16(13-18)12-15-6-8-20(9-7-15)26-10-11-27-20/h1-5,12-14H,6-11H2. The van der Waals surface area contributed by atoms with Crippen LogP contribution in [-0.4, -0.2) is 24.0 Å². The summed E-state index contributed by atoms with van der Waals surface area (Å²) in [4.78, 5) is 3.74. The molecule has 0 amide bonds. The lowest BCUT2D eigenvalue weighted by atomic mass is 9.88. The first-order chi connectivity index (χ1) is 13.4. The van der Waals surface area contributed by atoms with Crippen LogP contribution in [0.5, 0.6) is 11.6 Å². The van der Waals surface area contributed by atoms with Crippen molar-refractivity contribution in [3.05, 3.63) is 59.3 Å². The fourth-order valence-electron chi connectivity index (χ4n) is 3.51. The normalized spacial score (nSPS) is 19.0. The van der Waals surface area contributed by atoms with Crippen molar-refractivity contribution in [2.45, 2.75) is 37.6 Å². The molecule has 1 saturated heterocycles. The molecule has 0 atom stereocenters. The summed E-state index contributed by atoms with van der Waals surface area (Å²) in [6.07, 6.45) is 2.00. The molecule has 2 aromatic rings. The lowest BCUT2D eigenvalue weighted by Gasteiger charge is -2.32. The van der Waals surface area contributed by atoms with Gasteiger partial charge < -0.3 is 14.2 Å². The number of alkyl halides is 3. The van der Waals surface area contributed by atoms with Crippen molar-refractivity contribution in [2.75, 3.05) is 13.2 Å². The number of hydrogen-bond donors (Lipinski definition) is 0. The number of ether oxygens (including phenoxy) is 3. The van der Waals surface area contributed by atoms with Crippen molar-refractivity contribution in [2.24, 2.45) is 0 Å².